The van der Waals surface area contributed by atoms with E-state index in [1.807, 2.05) is 0 Å². The minimum atomic E-state index is -0.574. The van der Waals surface area contributed by atoms with Crippen molar-refractivity contribution in [1.29, 1.82) is 0 Å². The lowest BCUT2D eigenvalue weighted by molar-refractivity contribution is -0.147. The molecule has 0 aromatic carbocycles. The van der Waals surface area contributed by atoms with E-state index in [0.717, 1.165) is 44.9 Å². The Bertz CT molecular complexity index is 577. The molecule has 0 saturated heterocycles. The molecular weight excluding hydrogens is 342 g/mol. The molecular formula is C21H33N3O3. The van der Waals surface area contributed by atoms with Gasteiger partial charge in [-0.15, -0.1) is 0 Å². The topological polar surface area (TPSA) is 87.3 Å². The molecule has 6 nitrogen and oxygen atoms in total. The quantitative estimate of drug-likeness (QED) is 0.662. The zero-order chi connectivity index (χ0) is 19.0. The zero-order valence-corrected chi connectivity index (χ0v) is 16.4. The molecule has 0 spiro atoms. The molecule has 150 valence electrons. The Kier molecular flexibility index (Phi) is 5.17. The van der Waals surface area contributed by atoms with Crippen molar-refractivity contribution in [3.8, 4) is 0 Å². The predicted octanol–water partition coefficient (Wildman–Crippen LogP) is 1.88. The molecule has 0 aliphatic heterocycles. The van der Waals surface area contributed by atoms with E-state index in [0.29, 0.717) is 17.8 Å². The van der Waals surface area contributed by atoms with Crippen molar-refractivity contribution in [1.82, 2.24) is 16.0 Å². The van der Waals surface area contributed by atoms with E-state index in [1.165, 1.54) is 19.3 Å². The third-order valence-corrected chi connectivity index (χ3v) is 7.40. The maximum atomic E-state index is 12.9. The van der Waals surface area contributed by atoms with E-state index in [1.54, 1.807) is 6.92 Å². The van der Waals surface area contributed by atoms with Gasteiger partial charge in [-0.25, -0.2) is 0 Å². The van der Waals surface area contributed by atoms with Gasteiger partial charge >= 0.3 is 0 Å². The van der Waals surface area contributed by atoms with Crippen LogP contribution in [0.5, 0.6) is 0 Å². The predicted molar refractivity (Wildman–Crippen MR) is 102 cm³/mol. The first-order chi connectivity index (χ1) is 12.9. The summed E-state index contributed by atoms with van der Waals surface area (Å²) >= 11 is 0. The van der Waals surface area contributed by atoms with Gasteiger partial charge in [0.2, 0.25) is 17.7 Å². The molecule has 5 aliphatic rings. The molecule has 5 rings (SSSR count). The Morgan fingerprint density at radius 1 is 0.963 bits per heavy atom. The van der Waals surface area contributed by atoms with Gasteiger partial charge in [0.25, 0.3) is 0 Å². The summed E-state index contributed by atoms with van der Waals surface area (Å²) < 4.78 is 0. The molecule has 3 N–H and O–H groups in total. The van der Waals surface area contributed by atoms with Crippen molar-refractivity contribution < 1.29 is 14.4 Å². The Labute approximate surface area is 161 Å². The minimum absolute atomic E-state index is 0.0400. The van der Waals surface area contributed by atoms with Crippen LogP contribution in [0, 0.1) is 23.2 Å². The van der Waals surface area contributed by atoms with Crippen molar-refractivity contribution in [3.63, 3.8) is 0 Å². The fourth-order valence-electron chi connectivity index (χ4n) is 6.49. The summed E-state index contributed by atoms with van der Waals surface area (Å²) in [6, 6.07) is -0.331. The van der Waals surface area contributed by atoms with Crippen LogP contribution < -0.4 is 16.0 Å². The monoisotopic (exact) mass is 375 g/mol. The van der Waals surface area contributed by atoms with E-state index in [4.69, 9.17) is 0 Å². The summed E-state index contributed by atoms with van der Waals surface area (Å²) in [5.74, 6) is 1.74. The summed E-state index contributed by atoms with van der Waals surface area (Å²) in [5.41, 5.74) is -0.236. The van der Waals surface area contributed by atoms with Crippen molar-refractivity contribution in [2.75, 3.05) is 6.54 Å². The Balaban J connectivity index is 1.23. The Morgan fingerprint density at radius 3 is 2.07 bits per heavy atom. The summed E-state index contributed by atoms with van der Waals surface area (Å²) in [6.45, 7) is 1.66. The summed E-state index contributed by atoms with van der Waals surface area (Å²) in [5, 5.41) is 8.59. The minimum Gasteiger partial charge on any atom is -0.352 e. The molecule has 6 heteroatoms. The van der Waals surface area contributed by atoms with Gasteiger partial charge < -0.3 is 16.0 Å². The third kappa shape index (κ3) is 3.99. The molecule has 0 aromatic rings. The maximum absolute atomic E-state index is 12.9. The van der Waals surface area contributed by atoms with Crippen LogP contribution >= 0.6 is 0 Å². The van der Waals surface area contributed by atoms with Gasteiger partial charge in [0.15, 0.2) is 0 Å². The highest BCUT2D eigenvalue weighted by molar-refractivity contribution is 5.91. The molecule has 3 amide bonds. The van der Waals surface area contributed by atoms with Crippen molar-refractivity contribution >= 4 is 17.7 Å². The van der Waals surface area contributed by atoms with E-state index >= 15 is 0 Å². The highest BCUT2D eigenvalue weighted by Crippen LogP contribution is 2.60. The number of hydrogen-bond donors (Lipinski definition) is 3. The van der Waals surface area contributed by atoms with Gasteiger partial charge in [-0.1, -0.05) is 12.8 Å². The van der Waals surface area contributed by atoms with Crippen LogP contribution in [0.3, 0.4) is 0 Å². The van der Waals surface area contributed by atoms with Crippen LogP contribution in [-0.2, 0) is 14.4 Å². The van der Waals surface area contributed by atoms with Gasteiger partial charge in [-0.3, -0.25) is 14.4 Å². The second-order valence-electron chi connectivity index (χ2n) is 9.66. The molecule has 5 aliphatic carbocycles. The van der Waals surface area contributed by atoms with Crippen LogP contribution in [0.1, 0.15) is 71.1 Å². The third-order valence-electron chi connectivity index (χ3n) is 7.40. The number of amides is 3. The van der Waals surface area contributed by atoms with Crippen LogP contribution in [-0.4, -0.2) is 36.3 Å². The molecule has 27 heavy (non-hydrogen) atoms. The first-order valence-electron chi connectivity index (χ1n) is 10.8. The smallest absolute Gasteiger partial charge is 0.242 e. The number of hydrogen-bond acceptors (Lipinski definition) is 3. The normalized spacial score (nSPS) is 35.7. The lowest BCUT2D eigenvalue weighted by Crippen LogP contribution is -2.55. The largest absolute Gasteiger partial charge is 0.352 e. The average molecular weight is 376 g/mol. The molecule has 4 bridgehead atoms. The summed E-state index contributed by atoms with van der Waals surface area (Å²) in [6.07, 6.45) is 11.2. The number of rotatable bonds is 6. The molecule has 1 atom stereocenters. The zero-order valence-electron chi connectivity index (χ0n) is 16.4. The first kappa shape index (κ1) is 18.8. The van der Waals surface area contributed by atoms with Crippen molar-refractivity contribution in [3.05, 3.63) is 0 Å². The van der Waals surface area contributed by atoms with E-state index < -0.39 is 6.04 Å². The molecule has 5 saturated carbocycles. The lowest BCUT2D eigenvalue weighted by atomic mass is 9.49. The molecule has 0 aromatic heterocycles. The van der Waals surface area contributed by atoms with Crippen LogP contribution in [0.4, 0.5) is 0 Å². The van der Waals surface area contributed by atoms with E-state index in [2.05, 4.69) is 16.0 Å². The van der Waals surface area contributed by atoms with Crippen LogP contribution in [0.2, 0.25) is 0 Å². The number of carbonyl (C=O) groups excluding carboxylic acids is 3. The molecule has 5 fully saturated rings. The Morgan fingerprint density at radius 2 is 1.52 bits per heavy atom. The van der Waals surface area contributed by atoms with Crippen molar-refractivity contribution in [2.24, 2.45) is 23.2 Å². The first-order valence-corrected chi connectivity index (χ1v) is 10.8. The van der Waals surface area contributed by atoms with Crippen LogP contribution in [0.25, 0.3) is 0 Å². The number of carbonyl (C=O) groups is 3. The molecule has 1 unspecified atom stereocenters. The fraction of sp³-hybridized carbons (Fsp3) is 0.857. The van der Waals surface area contributed by atoms with E-state index in [9.17, 15) is 14.4 Å². The average Bonchev–Trinajstić information content (AvgIpc) is 3.11. The maximum Gasteiger partial charge on any atom is 0.242 e. The Hall–Kier alpha value is -1.59. The van der Waals surface area contributed by atoms with Gasteiger partial charge in [0.05, 0.1) is 6.54 Å². The van der Waals surface area contributed by atoms with Crippen molar-refractivity contribution in [2.45, 2.75) is 83.2 Å². The lowest BCUT2D eigenvalue weighted by Gasteiger charge is -2.55. The highest BCUT2D eigenvalue weighted by Gasteiger charge is 2.54. The van der Waals surface area contributed by atoms with Gasteiger partial charge in [-0.2, -0.15) is 0 Å². The molecule has 0 heterocycles. The summed E-state index contributed by atoms with van der Waals surface area (Å²) in [7, 11) is 0. The second kappa shape index (κ2) is 7.44. The standard InChI is InChI=1S/C21H33N3O3/c1-13(19(26)24-17-4-2-3-5-17)23-18(25)12-22-20(27)21-9-14-6-15(10-21)8-16(7-14)11-21/h13-17H,2-12H2,1H3,(H,22,27)(H,23,25)(H,24,26). The number of nitrogens with one attached hydrogen (secondary N) is 3. The SMILES string of the molecule is CC(NC(=O)CNC(=O)C12CC3CC(CC(C3)C1)C2)C(=O)NC1CCCC1. The fourth-order valence-corrected chi connectivity index (χ4v) is 6.49. The van der Waals surface area contributed by atoms with Crippen LogP contribution in [0.15, 0.2) is 0 Å². The molecule has 0 radical (unpaired) electrons. The van der Waals surface area contributed by atoms with Gasteiger partial charge in [0.1, 0.15) is 6.04 Å². The highest BCUT2D eigenvalue weighted by atomic mass is 16.2. The van der Waals surface area contributed by atoms with Gasteiger partial charge in [-0.05, 0) is 76.0 Å². The summed E-state index contributed by atoms with van der Waals surface area (Å²) in [4.78, 5) is 37.3. The van der Waals surface area contributed by atoms with E-state index in [-0.39, 0.29) is 35.7 Å². The van der Waals surface area contributed by atoms with Gasteiger partial charge in [0, 0.05) is 11.5 Å². The second-order valence-corrected chi connectivity index (χ2v) is 9.66.